The van der Waals surface area contributed by atoms with E-state index in [9.17, 15) is 9.18 Å². The van der Waals surface area contributed by atoms with Crippen LogP contribution in [0.25, 0.3) is 0 Å². The molecule has 0 amide bonds. The minimum atomic E-state index is -0.716. The number of rotatable bonds is 1. The topological polar surface area (TPSA) is 26.3 Å². The highest BCUT2D eigenvalue weighted by Crippen LogP contribution is 2.11. The SMILES string of the molecule is CBr.[B]c1ccc(C)c(C(=O)OC)c1F. The summed E-state index contributed by atoms with van der Waals surface area (Å²) in [7, 11) is 6.50. The van der Waals surface area contributed by atoms with Crippen LogP contribution in [0.2, 0.25) is 0 Å². The Morgan fingerprint density at radius 1 is 1.47 bits per heavy atom. The molecule has 1 rings (SSSR count). The molecule has 0 heterocycles. The Hall–Kier alpha value is -0.835. The fraction of sp³-hybridized carbons (Fsp3) is 0.300. The average molecular weight is 273 g/mol. The molecule has 0 aliphatic heterocycles. The maximum absolute atomic E-state index is 13.3. The molecule has 5 heteroatoms. The number of aryl methyl sites for hydroxylation is 1. The molecule has 2 radical (unpaired) electrons. The number of carbonyl (C=O) groups is 1. The van der Waals surface area contributed by atoms with E-state index in [2.05, 4.69) is 20.7 Å². The van der Waals surface area contributed by atoms with Crippen LogP contribution in [0.1, 0.15) is 15.9 Å². The summed E-state index contributed by atoms with van der Waals surface area (Å²) in [6, 6.07) is 2.99. The highest BCUT2D eigenvalue weighted by molar-refractivity contribution is 9.08. The van der Waals surface area contributed by atoms with Crippen molar-refractivity contribution in [2.45, 2.75) is 6.92 Å². The molecule has 1 aromatic rings. The van der Waals surface area contributed by atoms with Gasteiger partial charge in [0, 0.05) is 0 Å². The van der Waals surface area contributed by atoms with Crippen LogP contribution in [0.4, 0.5) is 4.39 Å². The van der Waals surface area contributed by atoms with E-state index in [0.29, 0.717) is 5.56 Å². The third-order valence-electron chi connectivity index (χ3n) is 1.77. The molecular formula is C10H11BBrFO2. The lowest BCUT2D eigenvalue weighted by molar-refractivity contribution is 0.0595. The molecule has 0 spiro atoms. The summed E-state index contributed by atoms with van der Waals surface area (Å²) in [5.41, 5.74) is 0.368. The normalized spacial score (nSPS) is 8.87. The number of alkyl halides is 1. The van der Waals surface area contributed by atoms with Crippen LogP contribution in [0.15, 0.2) is 12.1 Å². The lowest BCUT2D eigenvalue weighted by Crippen LogP contribution is -2.17. The molecule has 0 saturated heterocycles. The van der Waals surface area contributed by atoms with Crippen molar-refractivity contribution in [2.24, 2.45) is 0 Å². The van der Waals surface area contributed by atoms with E-state index in [0.717, 1.165) is 0 Å². The van der Waals surface area contributed by atoms with Crippen LogP contribution < -0.4 is 5.46 Å². The van der Waals surface area contributed by atoms with Gasteiger partial charge in [0.15, 0.2) is 0 Å². The smallest absolute Gasteiger partial charge is 0.341 e. The fourth-order valence-electron chi connectivity index (χ4n) is 1.04. The molecule has 15 heavy (non-hydrogen) atoms. The van der Waals surface area contributed by atoms with Crippen molar-refractivity contribution in [1.82, 2.24) is 0 Å². The van der Waals surface area contributed by atoms with Gasteiger partial charge in [0.25, 0.3) is 0 Å². The van der Waals surface area contributed by atoms with Crippen molar-refractivity contribution in [3.8, 4) is 0 Å². The second-order valence-corrected chi connectivity index (χ2v) is 2.65. The van der Waals surface area contributed by atoms with Gasteiger partial charge in [-0.05, 0) is 18.3 Å². The van der Waals surface area contributed by atoms with E-state index in [1.54, 1.807) is 13.0 Å². The Bertz CT molecular complexity index is 356. The molecule has 0 bridgehead atoms. The van der Waals surface area contributed by atoms with Crippen molar-refractivity contribution >= 4 is 35.2 Å². The minimum absolute atomic E-state index is 0.0500. The van der Waals surface area contributed by atoms with Gasteiger partial charge in [-0.3, -0.25) is 0 Å². The molecule has 80 valence electrons. The summed E-state index contributed by atoms with van der Waals surface area (Å²) in [6.07, 6.45) is 0. The molecule has 0 saturated carbocycles. The summed E-state index contributed by atoms with van der Waals surface area (Å²) < 4.78 is 17.7. The zero-order chi connectivity index (χ0) is 12.0. The Labute approximate surface area is 98.4 Å². The van der Waals surface area contributed by atoms with Crippen LogP contribution in [0.3, 0.4) is 0 Å². The van der Waals surface area contributed by atoms with Crippen molar-refractivity contribution in [2.75, 3.05) is 12.9 Å². The number of ether oxygens (including phenoxy) is 1. The predicted molar refractivity (Wildman–Crippen MR) is 62.7 cm³/mol. The van der Waals surface area contributed by atoms with Crippen LogP contribution in [0, 0.1) is 12.7 Å². The molecule has 0 aromatic heterocycles. The van der Waals surface area contributed by atoms with E-state index in [1.807, 2.05) is 5.83 Å². The first-order valence-electron chi connectivity index (χ1n) is 4.08. The summed E-state index contributed by atoms with van der Waals surface area (Å²) in [5, 5.41) is 0. The van der Waals surface area contributed by atoms with Crippen molar-refractivity contribution < 1.29 is 13.9 Å². The van der Waals surface area contributed by atoms with Gasteiger partial charge in [0.05, 0.1) is 12.7 Å². The lowest BCUT2D eigenvalue weighted by Gasteiger charge is -2.06. The first-order valence-corrected chi connectivity index (χ1v) is 5.67. The number of halogens is 2. The monoisotopic (exact) mass is 272 g/mol. The first-order chi connectivity index (χ1) is 7.07. The van der Waals surface area contributed by atoms with Crippen LogP contribution >= 0.6 is 15.9 Å². The van der Waals surface area contributed by atoms with Gasteiger partial charge < -0.3 is 4.74 Å². The molecule has 0 N–H and O–H groups in total. The third kappa shape index (κ3) is 3.34. The standard InChI is InChI=1S/C9H8BFO2.CH3Br/c1-5-3-4-6(10)8(11)7(5)9(12)13-2;1-2/h3-4H,1-2H3;1H3. The zero-order valence-electron chi connectivity index (χ0n) is 8.80. The van der Waals surface area contributed by atoms with Gasteiger partial charge >= 0.3 is 5.97 Å². The van der Waals surface area contributed by atoms with E-state index in [4.69, 9.17) is 7.85 Å². The molecular weight excluding hydrogens is 262 g/mol. The van der Waals surface area contributed by atoms with Crippen molar-refractivity contribution in [3.05, 3.63) is 29.1 Å². The van der Waals surface area contributed by atoms with E-state index in [-0.39, 0.29) is 11.0 Å². The largest absolute Gasteiger partial charge is 0.465 e. The summed E-state index contributed by atoms with van der Waals surface area (Å²) in [6.45, 7) is 1.62. The Kier molecular flexibility index (Phi) is 6.24. The Balaban J connectivity index is 0.000000921. The number of hydrogen-bond donors (Lipinski definition) is 0. The van der Waals surface area contributed by atoms with E-state index in [1.165, 1.54) is 13.2 Å². The van der Waals surface area contributed by atoms with Crippen molar-refractivity contribution in [1.29, 1.82) is 0 Å². The number of benzene rings is 1. The Morgan fingerprint density at radius 2 is 2.00 bits per heavy atom. The zero-order valence-corrected chi connectivity index (χ0v) is 10.4. The van der Waals surface area contributed by atoms with Gasteiger partial charge in [0.2, 0.25) is 0 Å². The highest BCUT2D eigenvalue weighted by Gasteiger charge is 2.16. The van der Waals surface area contributed by atoms with Gasteiger partial charge in [-0.25, -0.2) is 9.18 Å². The predicted octanol–water partition coefficient (Wildman–Crippen LogP) is 1.73. The number of methoxy groups -OCH3 is 1. The van der Waals surface area contributed by atoms with Crippen LogP contribution in [-0.4, -0.2) is 26.8 Å². The molecule has 2 nitrogen and oxygen atoms in total. The molecule has 0 aliphatic rings. The summed E-state index contributed by atoms with van der Waals surface area (Å²) in [5.74, 6) is 0.390. The van der Waals surface area contributed by atoms with Gasteiger partial charge in [-0.2, -0.15) is 0 Å². The van der Waals surface area contributed by atoms with Gasteiger partial charge in [-0.15, -0.1) is 0 Å². The average Bonchev–Trinajstić information content (AvgIpc) is 2.26. The van der Waals surface area contributed by atoms with Gasteiger partial charge in [0.1, 0.15) is 13.7 Å². The second kappa shape index (κ2) is 6.61. The number of hydrogen-bond acceptors (Lipinski definition) is 2. The van der Waals surface area contributed by atoms with Crippen LogP contribution in [-0.2, 0) is 4.74 Å². The van der Waals surface area contributed by atoms with Crippen molar-refractivity contribution in [3.63, 3.8) is 0 Å². The Morgan fingerprint density at radius 3 is 2.47 bits per heavy atom. The summed E-state index contributed by atoms with van der Waals surface area (Å²) >= 11 is 2.94. The molecule has 0 unspecified atom stereocenters. The quantitative estimate of drug-likeness (QED) is 0.442. The van der Waals surface area contributed by atoms with Crippen LogP contribution in [0.5, 0.6) is 0 Å². The third-order valence-corrected chi connectivity index (χ3v) is 1.77. The van der Waals surface area contributed by atoms with Gasteiger partial charge in [-0.1, -0.05) is 33.5 Å². The second-order valence-electron chi connectivity index (χ2n) is 2.65. The number of carbonyl (C=O) groups excluding carboxylic acids is 1. The van der Waals surface area contributed by atoms with E-state index >= 15 is 0 Å². The molecule has 0 atom stereocenters. The maximum Gasteiger partial charge on any atom is 0.341 e. The molecule has 0 fully saturated rings. The highest BCUT2D eigenvalue weighted by atomic mass is 79.9. The molecule has 1 aromatic carbocycles. The molecule has 0 aliphatic carbocycles. The lowest BCUT2D eigenvalue weighted by atomic mass is 9.91. The minimum Gasteiger partial charge on any atom is -0.465 e. The fourth-order valence-corrected chi connectivity index (χ4v) is 1.04. The number of esters is 1. The first kappa shape index (κ1) is 14.2. The van der Waals surface area contributed by atoms with E-state index < -0.39 is 11.8 Å². The maximum atomic E-state index is 13.3. The summed E-state index contributed by atoms with van der Waals surface area (Å²) in [4.78, 5) is 11.1.